The number of nitrogens with one attached hydrogen (secondary N) is 1. The summed E-state index contributed by atoms with van der Waals surface area (Å²) in [5, 5.41) is 0. The lowest BCUT2D eigenvalue weighted by molar-refractivity contribution is 0.0974. The molecule has 0 bridgehead atoms. The Morgan fingerprint density at radius 1 is 0.950 bits per heavy atom. The molecule has 2 aromatic carbocycles. The van der Waals surface area contributed by atoms with Crippen LogP contribution in [0.1, 0.15) is 5.56 Å². The summed E-state index contributed by atoms with van der Waals surface area (Å²) in [7, 11) is 0. The van der Waals surface area contributed by atoms with Gasteiger partial charge in [-0.2, -0.15) is 4.73 Å². The standard InChI is InChI=1S/C16H14N2OS/c20-16-17-11-15(14-9-5-2-6-10-14)18(16)19-12-13-7-3-1-4-8-13/h1-11H,12H2,(H,17,20). The molecule has 20 heavy (non-hydrogen) atoms. The lowest BCUT2D eigenvalue weighted by Gasteiger charge is -2.10. The molecule has 1 N–H and O–H groups in total. The van der Waals surface area contributed by atoms with Crippen molar-refractivity contribution in [2.75, 3.05) is 0 Å². The largest absolute Gasteiger partial charge is 0.406 e. The Kier molecular flexibility index (Phi) is 3.65. The zero-order valence-electron chi connectivity index (χ0n) is 10.8. The summed E-state index contributed by atoms with van der Waals surface area (Å²) < 4.78 is 2.22. The van der Waals surface area contributed by atoms with E-state index in [1.54, 1.807) is 4.73 Å². The van der Waals surface area contributed by atoms with E-state index in [4.69, 9.17) is 17.1 Å². The summed E-state index contributed by atoms with van der Waals surface area (Å²) in [4.78, 5) is 8.85. The van der Waals surface area contributed by atoms with Gasteiger partial charge in [-0.05, 0) is 17.8 Å². The van der Waals surface area contributed by atoms with E-state index in [0.717, 1.165) is 16.8 Å². The number of H-pyrrole nitrogens is 1. The minimum Gasteiger partial charge on any atom is -0.406 e. The molecule has 100 valence electrons. The normalized spacial score (nSPS) is 10.4. The first-order valence-corrected chi connectivity index (χ1v) is 6.78. The van der Waals surface area contributed by atoms with Gasteiger partial charge in [-0.25, -0.2) is 0 Å². The third-order valence-corrected chi connectivity index (χ3v) is 3.29. The molecule has 4 heteroatoms. The van der Waals surface area contributed by atoms with Crippen molar-refractivity contribution in [2.45, 2.75) is 6.61 Å². The van der Waals surface area contributed by atoms with E-state index >= 15 is 0 Å². The van der Waals surface area contributed by atoms with Crippen LogP contribution in [-0.4, -0.2) is 9.71 Å². The number of rotatable bonds is 4. The van der Waals surface area contributed by atoms with Gasteiger partial charge in [0, 0.05) is 11.8 Å². The van der Waals surface area contributed by atoms with Gasteiger partial charge in [-0.3, -0.25) is 0 Å². The van der Waals surface area contributed by atoms with Crippen molar-refractivity contribution in [3.63, 3.8) is 0 Å². The van der Waals surface area contributed by atoms with Crippen molar-refractivity contribution < 1.29 is 4.84 Å². The molecule has 0 unspecified atom stereocenters. The van der Waals surface area contributed by atoms with Gasteiger partial charge in [0.2, 0.25) is 4.77 Å². The maximum atomic E-state index is 5.83. The van der Waals surface area contributed by atoms with Gasteiger partial charge in [-0.1, -0.05) is 60.7 Å². The van der Waals surface area contributed by atoms with Crippen molar-refractivity contribution in [1.82, 2.24) is 9.71 Å². The van der Waals surface area contributed by atoms with Crippen molar-refractivity contribution in [1.29, 1.82) is 0 Å². The molecular weight excluding hydrogens is 268 g/mol. The first kappa shape index (κ1) is 12.7. The van der Waals surface area contributed by atoms with Crippen molar-refractivity contribution in [3.8, 4) is 11.3 Å². The van der Waals surface area contributed by atoms with Crippen LogP contribution in [0.5, 0.6) is 0 Å². The Morgan fingerprint density at radius 3 is 2.30 bits per heavy atom. The lowest BCUT2D eigenvalue weighted by atomic mass is 10.2. The molecule has 1 aromatic heterocycles. The third kappa shape index (κ3) is 2.65. The first-order valence-electron chi connectivity index (χ1n) is 6.37. The number of nitrogens with zero attached hydrogens (tertiary/aromatic N) is 1. The summed E-state index contributed by atoms with van der Waals surface area (Å²) >= 11 is 5.27. The summed E-state index contributed by atoms with van der Waals surface area (Å²) in [6.07, 6.45) is 1.86. The lowest BCUT2D eigenvalue weighted by Crippen LogP contribution is -2.12. The molecule has 0 atom stereocenters. The van der Waals surface area contributed by atoms with Crippen LogP contribution in [0.15, 0.2) is 66.9 Å². The summed E-state index contributed by atoms with van der Waals surface area (Å²) in [5.74, 6) is 0. The number of hydrogen-bond donors (Lipinski definition) is 1. The molecular formula is C16H14N2OS. The predicted molar refractivity (Wildman–Crippen MR) is 81.8 cm³/mol. The van der Waals surface area contributed by atoms with E-state index < -0.39 is 0 Å². The SMILES string of the molecule is S=c1[nH]cc(-c2ccccc2)n1OCc1ccccc1. The predicted octanol–water partition coefficient (Wildman–Crippen LogP) is 3.84. The van der Waals surface area contributed by atoms with Gasteiger partial charge in [0.25, 0.3) is 0 Å². The second-order valence-electron chi connectivity index (χ2n) is 4.40. The van der Waals surface area contributed by atoms with Crippen LogP contribution in [0.25, 0.3) is 11.3 Å². The maximum Gasteiger partial charge on any atom is 0.212 e. The zero-order valence-corrected chi connectivity index (χ0v) is 11.6. The average molecular weight is 282 g/mol. The zero-order chi connectivity index (χ0) is 13.8. The summed E-state index contributed by atoms with van der Waals surface area (Å²) in [6.45, 7) is 0.479. The number of aromatic amines is 1. The number of hydrogen-bond acceptors (Lipinski definition) is 2. The highest BCUT2D eigenvalue weighted by Gasteiger charge is 2.07. The van der Waals surface area contributed by atoms with Gasteiger partial charge < -0.3 is 9.82 Å². The first-order chi connectivity index (χ1) is 9.84. The molecule has 0 spiro atoms. The molecule has 0 fully saturated rings. The number of benzene rings is 2. The summed E-state index contributed by atoms with van der Waals surface area (Å²) in [5.41, 5.74) is 3.09. The third-order valence-electron chi connectivity index (χ3n) is 3.01. The van der Waals surface area contributed by atoms with Gasteiger partial charge >= 0.3 is 0 Å². The van der Waals surface area contributed by atoms with Crippen LogP contribution in [0, 0.1) is 4.77 Å². The molecule has 0 saturated carbocycles. The molecule has 3 aromatic rings. The van der Waals surface area contributed by atoms with E-state index in [1.807, 2.05) is 66.9 Å². The Balaban J connectivity index is 1.87. The van der Waals surface area contributed by atoms with Crippen molar-refractivity contribution >= 4 is 12.2 Å². The van der Waals surface area contributed by atoms with Gasteiger partial charge in [-0.15, -0.1) is 0 Å². The molecule has 3 nitrogen and oxygen atoms in total. The second kappa shape index (κ2) is 5.75. The molecule has 0 aliphatic carbocycles. The minimum absolute atomic E-state index is 0.479. The van der Waals surface area contributed by atoms with Crippen LogP contribution in [-0.2, 0) is 6.61 Å². The van der Waals surface area contributed by atoms with Crippen molar-refractivity contribution in [3.05, 3.63) is 77.2 Å². The molecule has 0 amide bonds. The monoisotopic (exact) mass is 282 g/mol. The second-order valence-corrected chi connectivity index (χ2v) is 4.79. The molecule has 0 aliphatic rings. The van der Waals surface area contributed by atoms with E-state index in [1.165, 1.54) is 0 Å². The van der Waals surface area contributed by atoms with Crippen LogP contribution in [0.2, 0.25) is 0 Å². The Hall–Kier alpha value is -2.33. The minimum atomic E-state index is 0.479. The fourth-order valence-corrected chi connectivity index (χ4v) is 2.22. The average Bonchev–Trinajstić information content (AvgIpc) is 2.88. The Bertz CT molecular complexity index is 732. The molecule has 0 aliphatic heterocycles. The Morgan fingerprint density at radius 2 is 1.60 bits per heavy atom. The van der Waals surface area contributed by atoms with E-state index in [0.29, 0.717) is 11.4 Å². The Labute approximate surface area is 122 Å². The van der Waals surface area contributed by atoms with Crippen LogP contribution in [0.3, 0.4) is 0 Å². The highest BCUT2D eigenvalue weighted by molar-refractivity contribution is 7.71. The quantitative estimate of drug-likeness (QED) is 0.737. The van der Waals surface area contributed by atoms with E-state index in [2.05, 4.69) is 4.98 Å². The highest BCUT2D eigenvalue weighted by atomic mass is 32.1. The smallest absolute Gasteiger partial charge is 0.212 e. The molecule has 3 rings (SSSR count). The van der Waals surface area contributed by atoms with E-state index in [-0.39, 0.29) is 0 Å². The van der Waals surface area contributed by atoms with Crippen LogP contribution < -0.4 is 4.84 Å². The number of aromatic nitrogens is 2. The topological polar surface area (TPSA) is 29.9 Å². The molecule has 0 saturated heterocycles. The fraction of sp³-hybridized carbons (Fsp3) is 0.0625. The van der Waals surface area contributed by atoms with E-state index in [9.17, 15) is 0 Å². The van der Waals surface area contributed by atoms with Crippen LogP contribution in [0.4, 0.5) is 0 Å². The highest BCUT2D eigenvalue weighted by Crippen LogP contribution is 2.18. The molecule has 1 heterocycles. The van der Waals surface area contributed by atoms with Gasteiger partial charge in [0.05, 0.1) is 0 Å². The molecule has 0 radical (unpaired) electrons. The van der Waals surface area contributed by atoms with Gasteiger partial charge in [0.1, 0.15) is 12.3 Å². The van der Waals surface area contributed by atoms with Crippen molar-refractivity contribution in [2.24, 2.45) is 0 Å². The maximum absolute atomic E-state index is 5.83. The van der Waals surface area contributed by atoms with Crippen LogP contribution >= 0.6 is 12.2 Å². The fourth-order valence-electron chi connectivity index (χ4n) is 2.01. The van der Waals surface area contributed by atoms with Gasteiger partial charge in [0.15, 0.2) is 0 Å². The summed E-state index contributed by atoms with van der Waals surface area (Å²) in [6, 6.07) is 20.1. The number of imidazole rings is 1.